The van der Waals surface area contributed by atoms with Crippen LogP contribution in [0.5, 0.6) is 0 Å². The van der Waals surface area contributed by atoms with Crippen LogP contribution in [0.4, 0.5) is 0 Å². The molecule has 3 aromatic heterocycles. The largest absolute Gasteiger partial charge is 0.252 e. The summed E-state index contributed by atoms with van der Waals surface area (Å²) in [6, 6.07) is 11.7. The molecule has 1 aromatic carbocycles. The minimum atomic E-state index is -0.264. The van der Waals surface area contributed by atoms with Gasteiger partial charge in [0.05, 0.1) is 34.2 Å². The molecule has 7 rings (SSSR count). The molecule has 12 nitrogen and oxygen atoms in total. The Bertz CT molecular complexity index is 2030. The van der Waals surface area contributed by atoms with E-state index in [1.54, 1.807) is 0 Å². The first-order valence-electron chi connectivity index (χ1n) is 12.0. The van der Waals surface area contributed by atoms with E-state index in [2.05, 4.69) is 29.9 Å². The zero-order valence-corrected chi connectivity index (χ0v) is 20.8. The molecule has 0 bridgehead atoms. The number of nitrogens with zero attached hydrogens (tertiary/aromatic N) is 12. The van der Waals surface area contributed by atoms with Crippen LogP contribution >= 0.6 is 0 Å². The minimum Gasteiger partial charge on any atom is -0.252 e. The maximum atomic E-state index is 10.0. The van der Waals surface area contributed by atoms with E-state index in [4.69, 9.17) is 0 Å². The van der Waals surface area contributed by atoms with E-state index in [1.807, 2.05) is 36.4 Å². The van der Waals surface area contributed by atoms with Gasteiger partial charge in [-0.2, -0.15) is 31.6 Å². The molecule has 0 radical (unpaired) electrons. The van der Waals surface area contributed by atoms with Crippen molar-refractivity contribution in [2.45, 2.75) is 0 Å². The monoisotopic (exact) mass is 534 g/mol. The third-order valence-electron chi connectivity index (χ3n) is 7.19. The fraction of sp³-hybridized carbons (Fsp3) is 0. The van der Waals surface area contributed by atoms with Gasteiger partial charge in [0.1, 0.15) is 53.1 Å². The zero-order valence-electron chi connectivity index (χ0n) is 20.8. The summed E-state index contributed by atoms with van der Waals surface area (Å²) >= 11 is 0. The summed E-state index contributed by atoms with van der Waals surface area (Å²) in [5, 5.41) is 60.2. The maximum Gasteiger partial charge on any atom is 0.139 e. The zero-order chi connectivity index (χ0) is 29.1. The number of hydrogen-bond acceptors (Lipinski definition) is 12. The smallest absolute Gasteiger partial charge is 0.139 e. The Balaban J connectivity index is 1.88. The van der Waals surface area contributed by atoms with E-state index < -0.39 is 0 Å². The molecule has 3 aliphatic carbocycles. The van der Waals surface area contributed by atoms with Crippen LogP contribution in [0.15, 0.2) is 53.9 Å². The molecule has 0 aliphatic heterocycles. The highest BCUT2D eigenvalue weighted by Crippen LogP contribution is 2.63. The van der Waals surface area contributed by atoms with Crippen molar-refractivity contribution < 1.29 is 0 Å². The van der Waals surface area contributed by atoms with E-state index in [9.17, 15) is 31.6 Å². The highest BCUT2D eigenvalue weighted by molar-refractivity contribution is 6.22. The second-order valence-electron chi connectivity index (χ2n) is 8.93. The van der Waals surface area contributed by atoms with Crippen LogP contribution in [0.1, 0.15) is 33.8 Å². The van der Waals surface area contributed by atoms with Crippen LogP contribution in [0, 0.1) is 68.0 Å². The lowest BCUT2D eigenvalue weighted by atomic mass is 9.83. The molecule has 0 saturated carbocycles. The Labute approximate surface area is 236 Å². The van der Waals surface area contributed by atoms with E-state index in [-0.39, 0.29) is 50.5 Å². The summed E-state index contributed by atoms with van der Waals surface area (Å²) in [5.41, 5.74) is 3.44. The van der Waals surface area contributed by atoms with Gasteiger partial charge >= 0.3 is 0 Å². The van der Waals surface area contributed by atoms with Crippen molar-refractivity contribution in [2.75, 3.05) is 0 Å². The quantitative estimate of drug-likeness (QED) is 0.255. The lowest BCUT2D eigenvalue weighted by molar-refractivity contribution is 1.19. The van der Waals surface area contributed by atoms with Gasteiger partial charge in [0.2, 0.25) is 0 Å². The van der Waals surface area contributed by atoms with Crippen molar-refractivity contribution in [3.63, 3.8) is 0 Å². The molecule has 0 fully saturated rings. The molecule has 4 aromatic rings. The van der Waals surface area contributed by atoms with Gasteiger partial charge in [-0.05, 0) is 0 Å². The molecule has 0 N–H and O–H groups in total. The van der Waals surface area contributed by atoms with E-state index in [1.165, 1.54) is 37.2 Å². The van der Waals surface area contributed by atoms with Crippen LogP contribution in [0.3, 0.4) is 0 Å². The van der Waals surface area contributed by atoms with Gasteiger partial charge in [0.25, 0.3) is 0 Å². The van der Waals surface area contributed by atoms with Gasteiger partial charge in [-0.3, -0.25) is 29.9 Å². The molecule has 0 amide bonds. The number of nitriles is 6. The van der Waals surface area contributed by atoms with Crippen molar-refractivity contribution in [1.29, 1.82) is 31.6 Å². The first-order chi connectivity index (χ1) is 20.6. The molecule has 3 heterocycles. The van der Waals surface area contributed by atoms with Crippen molar-refractivity contribution in [2.24, 2.45) is 0 Å². The summed E-state index contributed by atoms with van der Waals surface area (Å²) in [6.07, 6.45) is 8.61. The van der Waals surface area contributed by atoms with Crippen LogP contribution in [-0.4, -0.2) is 29.9 Å². The molecule has 186 valence electrons. The number of aromatic nitrogens is 6. The number of allylic oxidation sites excluding steroid dienone is 3. The van der Waals surface area contributed by atoms with Crippen molar-refractivity contribution in [3.05, 3.63) is 87.7 Å². The van der Waals surface area contributed by atoms with Crippen LogP contribution in [0.25, 0.3) is 50.5 Å². The molecule has 42 heavy (non-hydrogen) atoms. The van der Waals surface area contributed by atoms with Crippen molar-refractivity contribution >= 4 is 16.7 Å². The van der Waals surface area contributed by atoms with Crippen molar-refractivity contribution in [3.8, 4) is 70.2 Å². The topological polar surface area (TPSA) is 220 Å². The molecule has 3 aliphatic rings. The summed E-state index contributed by atoms with van der Waals surface area (Å²) < 4.78 is 0. The standard InChI is InChI=1S/C30H6N12/c31-7-13(8-32)16-19-22(28-25(16)37-1-4-40-28)20-17(14(9-33)10-34)26-30(42-6-3-38-26)24(20)21-18(15(11-35)12-36)27-29(23(19)21)41-5-2-39-27/h1-6H. The van der Waals surface area contributed by atoms with Crippen LogP contribution in [0.2, 0.25) is 0 Å². The first kappa shape index (κ1) is 23.7. The average molecular weight is 534 g/mol. The Morgan fingerprint density at radius 2 is 0.548 bits per heavy atom. The number of hydrogen-bond donors (Lipinski definition) is 0. The average Bonchev–Trinajstić information content (AvgIpc) is 3.66. The molecule has 12 heteroatoms. The summed E-state index contributed by atoms with van der Waals surface area (Å²) in [4.78, 5) is 27.1. The predicted octanol–water partition coefficient (Wildman–Crippen LogP) is 3.54. The van der Waals surface area contributed by atoms with E-state index in [0.717, 1.165) is 0 Å². The second-order valence-corrected chi connectivity index (χ2v) is 8.93. The Morgan fingerprint density at radius 1 is 0.333 bits per heavy atom. The summed E-state index contributed by atoms with van der Waals surface area (Å²) in [5.74, 6) is 0. The molecular weight excluding hydrogens is 528 g/mol. The van der Waals surface area contributed by atoms with Gasteiger partial charge in [0, 0.05) is 87.3 Å². The Morgan fingerprint density at radius 3 is 0.762 bits per heavy atom. The Hall–Kier alpha value is -7.38. The van der Waals surface area contributed by atoms with Gasteiger partial charge in [-0.25, -0.2) is 0 Å². The fourth-order valence-electron chi connectivity index (χ4n) is 5.82. The highest BCUT2D eigenvalue weighted by Gasteiger charge is 2.47. The third kappa shape index (κ3) is 2.71. The summed E-state index contributed by atoms with van der Waals surface area (Å²) in [7, 11) is 0. The minimum absolute atomic E-state index is 0.164. The van der Waals surface area contributed by atoms with Gasteiger partial charge < -0.3 is 0 Å². The molecular formula is C30H6N12. The predicted molar refractivity (Wildman–Crippen MR) is 141 cm³/mol. The molecule has 0 saturated heterocycles. The lowest BCUT2D eigenvalue weighted by Crippen LogP contribution is -2.00. The third-order valence-corrected chi connectivity index (χ3v) is 7.19. The normalized spacial score (nSPS) is 12.0. The number of fused-ring (bicyclic) bond motifs is 12. The fourth-order valence-corrected chi connectivity index (χ4v) is 5.82. The molecule has 0 spiro atoms. The molecule has 0 unspecified atom stereocenters. The van der Waals surface area contributed by atoms with E-state index in [0.29, 0.717) is 50.5 Å². The highest BCUT2D eigenvalue weighted by atomic mass is 14.9. The van der Waals surface area contributed by atoms with Crippen LogP contribution in [-0.2, 0) is 0 Å². The SMILES string of the molecule is N#CC(C#N)=C1c2nccnc2-c2c1c1c(c3c2C(=C(C#N)C#N)c2nccnc2-3)C(=C(C#N)C#N)c2nccnc2-1. The van der Waals surface area contributed by atoms with Crippen molar-refractivity contribution in [1.82, 2.24) is 29.9 Å². The first-order valence-corrected chi connectivity index (χ1v) is 12.0. The summed E-state index contributed by atoms with van der Waals surface area (Å²) in [6.45, 7) is 0. The Kier molecular flexibility index (Phi) is 4.84. The number of rotatable bonds is 0. The van der Waals surface area contributed by atoms with Gasteiger partial charge in [0.15, 0.2) is 0 Å². The van der Waals surface area contributed by atoms with Crippen LogP contribution < -0.4 is 0 Å². The molecule has 0 atom stereocenters. The van der Waals surface area contributed by atoms with E-state index >= 15 is 0 Å². The second kappa shape index (κ2) is 8.57. The van der Waals surface area contributed by atoms with Gasteiger partial charge in [-0.15, -0.1) is 0 Å². The number of benzene rings is 1. The lowest BCUT2D eigenvalue weighted by Gasteiger charge is -2.17. The van der Waals surface area contributed by atoms with Gasteiger partial charge in [-0.1, -0.05) is 0 Å². The maximum absolute atomic E-state index is 10.0.